The Bertz CT molecular complexity index is 894. The van der Waals surface area contributed by atoms with Gasteiger partial charge in [0, 0.05) is 45.0 Å². The zero-order valence-corrected chi connectivity index (χ0v) is 17.2. The lowest BCUT2D eigenvalue weighted by Crippen LogP contribution is -2.54. The molecule has 0 N–H and O–H groups in total. The van der Waals surface area contributed by atoms with Crippen LogP contribution in [0.1, 0.15) is 43.2 Å². The zero-order valence-electron chi connectivity index (χ0n) is 17.2. The van der Waals surface area contributed by atoms with Gasteiger partial charge in [0.1, 0.15) is 5.82 Å². The molecule has 0 bridgehead atoms. The van der Waals surface area contributed by atoms with Gasteiger partial charge in [0.2, 0.25) is 11.8 Å². The molecular weight excluding hydrogens is 381 g/mol. The monoisotopic (exact) mass is 409 g/mol. The van der Waals surface area contributed by atoms with Gasteiger partial charge in [-0.1, -0.05) is 18.2 Å². The smallest absolute Gasteiger partial charge is 0.229 e. The molecule has 0 unspecified atom stereocenters. The van der Waals surface area contributed by atoms with Gasteiger partial charge in [-0.3, -0.25) is 14.6 Å². The normalized spacial score (nSPS) is 18.6. The lowest BCUT2D eigenvalue weighted by molar-refractivity contribution is -0.153. The molecule has 158 valence electrons. The fraction of sp³-hybridized carbons (Fsp3) is 0.458. The van der Waals surface area contributed by atoms with E-state index < -0.39 is 0 Å². The fourth-order valence-corrected chi connectivity index (χ4v) is 4.76. The number of aromatic nitrogens is 1. The summed E-state index contributed by atoms with van der Waals surface area (Å²) in [6.07, 6.45) is 7.54. The van der Waals surface area contributed by atoms with E-state index in [0.717, 1.165) is 24.9 Å². The first-order valence-electron chi connectivity index (χ1n) is 10.8. The molecule has 1 aromatic heterocycles. The summed E-state index contributed by atoms with van der Waals surface area (Å²) in [6, 6.07) is 10.5. The molecule has 1 spiro atoms. The van der Waals surface area contributed by atoms with Crippen molar-refractivity contribution >= 4 is 11.8 Å². The number of amides is 2. The van der Waals surface area contributed by atoms with Crippen LogP contribution in [0.2, 0.25) is 0 Å². The molecule has 6 heteroatoms. The second-order valence-electron chi connectivity index (χ2n) is 8.44. The predicted molar refractivity (Wildman–Crippen MR) is 112 cm³/mol. The van der Waals surface area contributed by atoms with E-state index in [2.05, 4.69) is 4.98 Å². The molecule has 1 aromatic carbocycles. The van der Waals surface area contributed by atoms with Gasteiger partial charge in [-0.25, -0.2) is 4.39 Å². The third-order valence-corrected chi connectivity index (χ3v) is 6.59. The number of halogens is 1. The summed E-state index contributed by atoms with van der Waals surface area (Å²) in [5, 5.41) is 0. The minimum atomic E-state index is -0.340. The van der Waals surface area contributed by atoms with Crippen LogP contribution in [0.15, 0.2) is 48.8 Å². The maximum absolute atomic E-state index is 13.8. The predicted octanol–water partition coefficient (Wildman–Crippen LogP) is 3.58. The van der Waals surface area contributed by atoms with E-state index in [1.165, 1.54) is 6.07 Å². The number of carbonyl (C=O) groups excluding carboxylic acids is 2. The molecule has 0 radical (unpaired) electrons. The van der Waals surface area contributed by atoms with Crippen LogP contribution in [-0.2, 0) is 22.6 Å². The van der Waals surface area contributed by atoms with E-state index in [1.54, 1.807) is 30.6 Å². The molecule has 0 atom stereocenters. The van der Waals surface area contributed by atoms with E-state index in [9.17, 15) is 14.0 Å². The number of benzene rings is 1. The molecule has 2 amide bonds. The van der Waals surface area contributed by atoms with Crippen LogP contribution in [0.5, 0.6) is 0 Å². The molecule has 3 heterocycles. The molecular formula is C24H28FN3O2. The van der Waals surface area contributed by atoms with Crippen molar-refractivity contribution in [2.24, 2.45) is 5.41 Å². The van der Waals surface area contributed by atoms with Crippen LogP contribution in [0.25, 0.3) is 0 Å². The van der Waals surface area contributed by atoms with E-state index in [4.69, 9.17) is 0 Å². The third-order valence-electron chi connectivity index (χ3n) is 6.59. The van der Waals surface area contributed by atoms with Crippen molar-refractivity contribution < 1.29 is 14.0 Å². The largest absolute Gasteiger partial charge is 0.343 e. The van der Waals surface area contributed by atoms with Crippen LogP contribution in [0.3, 0.4) is 0 Å². The molecule has 2 aromatic rings. The molecule has 2 aliphatic heterocycles. The van der Waals surface area contributed by atoms with Crippen LogP contribution in [0.4, 0.5) is 4.39 Å². The molecule has 2 fully saturated rings. The van der Waals surface area contributed by atoms with Gasteiger partial charge in [-0.05, 0) is 61.4 Å². The van der Waals surface area contributed by atoms with Gasteiger partial charge >= 0.3 is 0 Å². The van der Waals surface area contributed by atoms with Gasteiger partial charge in [0.25, 0.3) is 0 Å². The average Bonchev–Trinajstić information content (AvgIpc) is 2.77. The van der Waals surface area contributed by atoms with E-state index in [1.807, 2.05) is 21.9 Å². The second-order valence-corrected chi connectivity index (χ2v) is 8.44. The minimum Gasteiger partial charge on any atom is -0.343 e. The Morgan fingerprint density at radius 3 is 2.50 bits per heavy atom. The number of nitrogens with zero attached hydrogens (tertiary/aromatic N) is 3. The first-order chi connectivity index (χ1) is 14.6. The van der Waals surface area contributed by atoms with E-state index >= 15 is 0 Å². The zero-order chi connectivity index (χ0) is 21.0. The van der Waals surface area contributed by atoms with Crippen molar-refractivity contribution in [2.75, 3.05) is 19.6 Å². The molecule has 0 saturated carbocycles. The SMILES string of the molecule is O=C(CCc1ccccc1F)N1CCC2(CCCN(Cc3ccncc3)C2=O)CC1. The van der Waals surface area contributed by atoms with Crippen molar-refractivity contribution in [1.82, 2.24) is 14.8 Å². The highest BCUT2D eigenvalue weighted by Gasteiger charge is 2.46. The lowest BCUT2D eigenvalue weighted by Gasteiger charge is -2.46. The molecule has 0 aliphatic carbocycles. The lowest BCUT2D eigenvalue weighted by atomic mass is 9.71. The summed E-state index contributed by atoms with van der Waals surface area (Å²) in [7, 11) is 0. The highest BCUT2D eigenvalue weighted by Crippen LogP contribution is 2.41. The molecule has 2 saturated heterocycles. The van der Waals surface area contributed by atoms with Crippen LogP contribution in [-0.4, -0.2) is 46.2 Å². The van der Waals surface area contributed by atoms with E-state index in [0.29, 0.717) is 50.9 Å². The number of piperidine rings is 2. The summed E-state index contributed by atoms with van der Waals surface area (Å²) in [4.78, 5) is 33.8. The number of carbonyl (C=O) groups is 2. The second kappa shape index (κ2) is 8.94. The molecule has 5 nitrogen and oxygen atoms in total. The van der Waals surface area contributed by atoms with Crippen molar-refractivity contribution in [3.63, 3.8) is 0 Å². The van der Waals surface area contributed by atoms with Gasteiger partial charge in [-0.2, -0.15) is 0 Å². The average molecular weight is 410 g/mol. The van der Waals surface area contributed by atoms with Crippen molar-refractivity contribution in [1.29, 1.82) is 0 Å². The Morgan fingerprint density at radius 1 is 1.03 bits per heavy atom. The van der Waals surface area contributed by atoms with Crippen LogP contribution in [0, 0.1) is 11.2 Å². The highest BCUT2D eigenvalue weighted by atomic mass is 19.1. The minimum absolute atomic E-state index is 0.0463. The summed E-state index contributed by atoms with van der Waals surface area (Å²) in [5.41, 5.74) is 1.33. The number of rotatable bonds is 5. The van der Waals surface area contributed by atoms with Crippen LogP contribution < -0.4 is 0 Å². The Morgan fingerprint density at radius 2 is 1.77 bits per heavy atom. The van der Waals surface area contributed by atoms with Crippen molar-refractivity contribution in [2.45, 2.75) is 45.1 Å². The molecule has 4 rings (SSSR count). The van der Waals surface area contributed by atoms with Crippen molar-refractivity contribution in [3.8, 4) is 0 Å². The highest BCUT2D eigenvalue weighted by molar-refractivity contribution is 5.84. The number of pyridine rings is 1. The van der Waals surface area contributed by atoms with Crippen LogP contribution >= 0.6 is 0 Å². The Labute approximate surface area is 176 Å². The van der Waals surface area contributed by atoms with Gasteiger partial charge in [0.15, 0.2) is 0 Å². The van der Waals surface area contributed by atoms with Crippen molar-refractivity contribution in [3.05, 3.63) is 65.7 Å². The Balaban J connectivity index is 1.33. The first-order valence-corrected chi connectivity index (χ1v) is 10.8. The summed E-state index contributed by atoms with van der Waals surface area (Å²) < 4.78 is 13.8. The Kier molecular flexibility index (Phi) is 6.11. The van der Waals surface area contributed by atoms with Gasteiger partial charge in [0.05, 0.1) is 5.41 Å². The first kappa shape index (κ1) is 20.5. The number of hydrogen-bond donors (Lipinski definition) is 0. The van der Waals surface area contributed by atoms with E-state index in [-0.39, 0.29) is 23.0 Å². The number of likely N-dealkylation sites (tertiary alicyclic amines) is 2. The summed E-state index contributed by atoms with van der Waals surface area (Å²) in [5.74, 6) is 0.0130. The third kappa shape index (κ3) is 4.37. The topological polar surface area (TPSA) is 53.5 Å². The summed E-state index contributed by atoms with van der Waals surface area (Å²) >= 11 is 0. The number of aryl methyl sites for hydroxylation is 1. The Hall–Kier alpha value is -2.76. The molecule has 2 aliphatic rings. The maximum atomic E-state index is 13.8. The fourth-order valence-electron chi connectivity index (χ4n) is 4.76. The standard InChI is InChI=1S/C24H28FN3O2/c25-21-5-2-1-4-20(21)6-7-22(29)27-16-11-24(12-17-27)10-3-15-28(23(24)30)18-19-8-13-26-14-9-19/h1-2,4-5,8-9,13-14H,3,6-7,10-12,15-18H2. The maximum Gasteiger partial charge on any atom is 0.229 e. The molecule has 30 heavy (non-hydrogen) atoms. The number of hydrogen-bond acceptors (Lipinski definition) is 3. The summed E-state index contributed by atoms with van der Waals surface area (Å²) in [6.45, 7) is 2.61. The van der Waals surface area contributed by atoms with Gasteiger partial charge < -0.3 is 9.80 Å². The van der Waals surface area contributed by atoms with Gasteiger partial charge in [-0.15, -0.1) is 0 Å². The quantitative estimate of drug-likeness (QED) is 0.758.